The molecule has 0 N–H and O–H groups in total. The lowest BCUT2D eigenvalue weighted by molar-refractivity contribution is 0.379. The predicted molar refractivity (Wildman–Crippen MR) is 60.0 cm³/mol. The van der Waals surface area contributed by atoms with Gasteiger partial charge in [-0.25, -0.2) is 0 Å². The van der Waals surface area contributed by atoms with E-state index in [4.69, 9.17) is 9.26 Å². The van der Waals surface area contributed by atoms with Crippen molar-refractivity contribution in [3.63, 3.8) is 0 Å². The normalized spacial score (nSPS) is 10.4. The fourth-order valence-electron chi connectivity index (χ4n) is 1.36. The Kier molecular flexibility index (Phi) is 3.19. The van der Waals surface area contributed by atoms with Gasteiger partial charge in [-0.2, -0.15) is 4.98 Å². The molecule has 4 nitrogen and oxygen atoms in total. The highest BCUT2D eigenvalue weighted by molar-refractivity contribution is 5.55. The first kappa shape index (κ1) is 10.7. The summed E-state index contributed by atoms with van der Waals surface area (Å²) in [5.41, 5.74) is 0.917. The van der Waals surface area contributed by atoms with Crippen LogP contribution in [0.15, 0.2) is 28.8 Å². The second-order valence-electron chi connectivity index (χ2n) is 3.34. The van der Waals surface area contributed by atoms with E-state index in [0.29, 0.717) is 18.1 Å². The van der Waals surface area contributed by atoms with Gasteiger partial charge in [-0.05, 0) is 30.7 Å². The van der Waals surface area contributed by atoms with E-state index in [1.807, 2.05) is 24.3 Å². The molecule has 0 saturated heterocycles. The number of hydrogen-bond donors (Lipinski definition) is 0. The number of rotatable bonds is 4. The van der Waals surface area contributed by atoms with Crippen LogP contribution in [0.2, 0.25) is 0 Å². The Hall–Kier alpha value is -1.84. The molecule has 2 aromatic rings. The molecule has 2 rings (SSSR count). The van der Waals surface area contributed by atoms with Crippen LogP contribution < -0.4 is 4.74 Å². The van der Waals surface area contributed by atoms with E-state index in [1.165, 1.54) is 0 Å². The smallest absolute Gasteiger partial charge is 0.226 e. The zero-order valence-electron chi connectivity index (χ0n) is 9.14. The molecule has 0 bridgehead atoms. The van der Waals surface area contributed by atoms with Crippen LogP contribution in [0.4, 0.5) is 0 Å². The van der Waals surface area contributed by atoms with E-state index < -0.39 is 0 Å². The van der Waals surface area contributed by atoms with Crippen LogP contribution >= 0.6 is 0 Å². The minimum atomic E-state index is 0.603. The van der Waals surface area contributed by atoms with Crippen LogP contribution in [0.1, 0.15) is 12.3 Å². The maximum Gasteiger partial charge on any atom is 0.226 e. The van der Waals surface area contributed by atoms with Crippen molar-refractivity contribution in [3.8, 4) is 17.1 Å². The maximum absolute atomic E-state index is 5.08. The van der Waals surface area contributed by atoms with Crippen molar-refractivity contribution in [1.82, 2.24) is 10.1 Å². The molecule has 4 heteroatoms. The van der Waals surface area contributed by atoms with Crippen LogP contribution in [-0.4, -0.2) is 17.3 Å². The van der Waals surface area contributed by atoms with Crippen LogP contribution in [0.3, 0.4) is 0 Å². The molecule has 0 aliphatic carbocycles. The van der Waals surface area contributed by atoms with Crippen molar-refractivity contribution in [2.75, 3.05) is 7.11 Å². The van der Waals surface area contributed by atoms with Gasteiger partial charge in [0.1, 0.15) is 5.75 Å². The molecule has 0 fully saturated rings. The molecule has 0 atom stereocenters. The van der Waals surface area contributed by atoms with Crippen LogP contribution in [-0.2, 0) is 6.42 Å². The Morgan fingerprint density at radius 3 is 2.69 bits per heavy atom. The fourth-order valence-corrected chi connectivity index (χ4v) is 1.36. The Morgan fingerprint density at radius 2 is 2.06 bits per heavy atom. The first-order valence-electron chi connectivity index (χ1n) is 5.09. The monoisotopic (exact) mass is 217 g/mol. The fraction of sp³-hybridized carbons (Fsp3) is 0.250. The Balaban J connectivity index is 2.21. The molecule has 0 spiro atoms. The van der Waals surface area contributed by atoms with Gasteiger partial charge in [-0.1, -0.05) is 12.1 Å². The molecular formula is C12H13N2O2. The van der Waals surface area contributed by atoms with Crippen molar-refractivity contribution in [2.45, 2.75) is 12.8 Å². The van der Waals surface area contributed by atoms with E-state index in [0.717, 1.165) is 17.7 Å². The molecule has 0 amide bonds. The minimum absolute atomic E-state index is 0.603. The Bertz CT molecular complexity index is 448. The summed E-state index contributed by atoms with van der Waals surface area (Å²) in [7, 11) is 1.63. The number of nitrogens with zero attached hydrogens (tertiary/aromatic N) is 2. The molecule has 16 heavy (non-hydrogen) atoms. The highest BCUT2D eigenvalue weighted by Crippen LogP contribution is 2.19. The molecular weight excluding hydrogens is 204 g/mol. The van der Waals surface area contributed by atoms with Crippen LogP contribution in [0, 0.1) is 6.92 Å². The summed E-state index contributed by atoms with van der Waals surface area (Å²) in [4.78, 5) is 4.27. The third-order valence-electron chi connectivity index (χ3n) is 2.21. The van der Waals surface area contributed by atoms with Gasteiger partial charge in [0.05, 0.1) is 7.11 Å². The average Bonchev–Trinajstić information content (AvgIpc) is 2.78. The van der Waals surface area contributed by atoms with Gasteiger partial charge >= 0.3 is 0 Å². The summed E-state index contributed by atoms with van der Waals surface area (Å²) in [5, 5.41) is 3.91. The summed E-state index contributed by atoms with van der Waals surface area (Å²) >= 11 is 0. The molecule has 1 radical (unpaired) electrons. The lowest BCUT2D eigenvalue weighted by Gasteiger charge is -1.98. The van der Waals surface area contributed by atoms with Gasteiger partial charge in [0.2, 0.25) is 11.7 Å². The molecule has 1 aromatic carbocycles. The van der Waals surface area contributed by atoms with Crippen molar-refractivity contribution in [3.05, 3.63) is 37.1 Å². The predicted octanol–water partition coefficient (Wildman–Crippen LogP) is 2.51. The Morgan fingerprint density at radius 1 is 1.31 bits per heavy atom. The van der Waals surface area contributed by atoms with Gasteiger partial charge in [-0.15, -0.1) is 0 Å². The van der Waals surface area contributed by atoms with E-state index in [2.05, 4.69) is 17.1 Å². The third kappa shape index (κ3) is 2.21. The number of ether oxygens (including phenoxy) is 1. The van der Waals surface area contributed by atoms with E-state index in [-0.39, 0.29) is 0 Å². The quantitative estimate of drug-likeness (QED) is 0.789. The number of hydrogen-bond acceptors (Lipinski definition) is 4. The lowest BCUT2D eigenvalue weighted by Crippen LogP contribution is -1.85. The number of methoxy groups -OCH3 is 1. The van der Waals surface area contributed by atoms with Crippen molar-refractivity contribution in [2.24, 2.45) is 0 Å². The summed E-state index contributed by atoms with van der Waals surface area (Å²) in [6.45, 7) is 3.74. The highest BCUT2D eigenvalue weighted by atomic mass is 16.5. The molecule has 1 aromatic heterocycles. The zero-order chi connectivity index (χ0) is 11.4. The second-order valence-corrected chi connectivity index (χ2v) is 3.34. The zero-order valence-corrected chi connectivity index (χ0v) is 9.14. The molecule has 0 aliphatic heterocycles. The van der Waals surface area contributed by atoms with Crippen LogP contribution in [0.25, 0.3) is 11.4 Å². The highest BCUT2D eigenvalue weighted by Gasteiger charge is 2.07. The number of benzene rings is 1. The number of aryl methyl sites for hydroxylation is 1. The van der Waals surface area contributed by atoms with E-state index in [9.17, 15) is 0 Å². The third-order valence-corrected chi connectivity index (χ3v) is 2.21. The van der Waals surface area contributed by atoms with Gasteiger partial charge < -0.3 is 9.26 Å². The van der Waals surface area contributed by atoms with Crippen molar-refractivity contribution >= 4 is 0 Å². The average molecular weight is 217 g/mol. The largest absolute Gasteiger partial charge is 0.497 e. The molecule has 1 heterocycles. The first-order chi connectivity index (χ1) is 7.83. The summed E-state index contributed by atoms with van der Waals surface area (Å²) < 4.78 is 10.2. The summed E-state index contributed by atoms with van der Waals surface area (Å²) in [6, 6.07) is 7.54. The van der Waals surface area contributed by atoms with Gasteiger partial charge in [-0.3, -0.25) is 0 Å². The lowest BCUT2D eigenvalue weighted by atomic mass is 10.2. The van der Waals surface area contributed by atoms with E-state index in [1.54, 1.807) is 7.11 Å². The van der Waals surface area contributed by atoms with Gasteiger partial charge in [0.15, 0.2) is 0 Å². The maximum atomic E-state index is 5.08. The van der Waals surface area contributed by atoms with Crippen molar-refractivity contribution < 1.29 is 9.26 Å². The first-order valence-corrected chi connectivity index (χ1v) is 5.09. The topological polar surface area (TPSA) is 48.2 Å². The number of aromatic nitrogens is 2. The molecule has 0 aliphatic rings. The standard InChI is InChI=1S/C12H13N2O2/c1-3-4-11-13-12(14-16-11)9-5-7-10(15-2)8-6-9/h5-8H,1,3-4H2,2H3. The SMILES string of the molecule is [CH2]CCc1nc(-c2ccc(OC)cc2)no1. The summed E-state index contributed by atoms with van der Waals surface area (Å²) in [5.74, 6) is 2.04. The van der Waals surface area contributed by atoms with Gasteiger partial charge in [0, 0.05) is 12.0 Å². The van der Waals surface area contributed by atoms with Gasteiger partial charge in [0.25, 0.3) is 0 Å². The second kappa shape index (κ2) is 4.79. The molecule has 0 unspecified atom stereocenters. The Labute approximate surface area is 94.2 Å². The minimum Gasteiger partial charge on any atom is -0.497 e. The van der Waals surface area contributed by atoms with Crippen molar-refractivity contribution in [1.29, 1.82) is 0 Å². The van der Waals surface area contributed by atoms with E-state index >= 15 is 0 Å². The summed E-state index contributed by atoms with van der Waals surface area (Å²) in [6.07, 6.45) is 1.47. The molecule has 0 saturated carbocycles. The van der Waals surface area contributed by atoms with Crippen LogP contribution in [0.5, 0.6) is 5.75 Å². The molecule has 83 valence electrons.